The summed E-state index contributed by atoms with van der Waals surface area (Å²) in [6.07, 6.45) is 1.46. The normalized spacial score (nSPS) is 10.9. The molecule has 0 fully saturated rings. The average Bonchev–Trinajstić information content (AvgIpc) is 2.77. The fourth-order valence-corrected chi connectivity index (χ4v) is 3.65. The predicted octanol–water partition coefficient (Wildman–Crippen LogP) is -3.98. The van der Waals surface area contributed by atoms with Crippen LogP contribution in [-0.2, 0) is 18.3 Å². The summed E-state index contributed by atoms with van der Waals surface area (Å²) in [6.45, 7) is 1.52. The number of carboxylic acid groups (broad SMARTS) is 1. The number of halogens is 1. The smallest absolute Gasteiger partial charge is 0.871 e. The summed E-state index contributed by atoms with van der Waals surface area (Å²) in [4.78, 5) is 36.0. The Balaban J connectivity index is 0.00000306. The van der Waals surface area contributed by atoms with Crippen LogP contribution in [0.25, 0.3) is 0 Å². The Kier molecular flexibility index (Phi) is 12.6. The Morgan fingerprint density at radius 2 is 1.71 bits per heavy atom. The molecule has 0 bridgehead atoms. The molecule has 3 aromatic rings. The number of anilines is 1. The standard InChI is InChI=1S/C24H24ClN3O5.2Na/c1-14-13-28(2)23(32)21(22(14)31)27-24(33)26-19(12-20(29)30)16-9-7-15(8-10-16)11-17-5-3-4-6-18(17)25;;/h3-10,13,19,31H,11-12H2,1-2H3,(H,29,30)(H2,26,27,33);;/q;2*+1/p-2/t19-;;/m0../s1. The molecule has 0 radical (unpaired) electrons. The zero-order valence-corrected chi connectivity index (χ0v) is 24.8. The average molecular weight is 514 g/mol. The second-order valence-electron chi connectivity index (χ2n) is 7.67. The fraction of sp³-hybridized carbons (Fsp3) is 0.208. The van der Waals surface area contributed by atoms with Crippen LogP contribution in [0.15, 0.2) is 59.5 Å². The molecule has 0 unspecified atom stereocenters. The fourth-order valence-electron chi connectivity index (χ4n) is 3.44. The van der Waals surface area contributed by atoms with E-state index in [1.165, 1.54) is 24.7 Å². The van der Waals surface area contributed by atoms with Crippen molar-refractivity contribution in [3.8, 4) is 5.75 Å². The summed E-state index contributed by atoms with van der Waals surface area (Å²) in [5, 5.41) is 28.9. The van der Waals surface area contributed by atoms with Gasteiger partial charge in [-0.05, 0) is 41.7 Å². The molecule has 0 aliphatic heterocycles. The first-order chi connectivity index (χ1) is 15.7. The Hall–Kier alpha value is -1.78. The molecule has 35 heavy (non-hydrogen) atoms. The molecule has 2 aromatic carbocycles. The summed E-state index contributed by atoms with van der Waals surface area (Å²) in [5.74, 6) is -1.97. The van der Waals surface area contributed by atoms with E-state index in [1.54, 1.807) is 18.2 Å². The number of amides is 2. The predicted molar refractivity (Wildman–Crippen MR) is 121 cm³/mol. The number of pyridine rings is 1. The van der Waals surface area contributed by atoms with Gasteiger partial charge in [0.15, 0.2) is 0 Å². The second-order valence-corrected chi connectivity index (χ2v) is 8.08. The summed E-state index contributed by atoms with van der Waals surface area (Å²) >= 11 is 6.21. The third-order valence-corrected chi connectivity index (χ3v) is 5.52. The van der Waals surface area contributed by atoms with Crippen LogP contribution in [0.2, 0.25) is 5.02 Å². The van der Waals surface area contributed by atoms with E-state index in [0.29, 0.717) is 17.0 Å². The molecule has 11 heteroatoms. The van der Waals surface area contributed by atoms with E-state index in [0.717, 1.165) is 11.1 Å². The number of carbonyl (C=O) groups excluding carboxylic acids is 2. The van der Waals surface area contributed by atoms with E-state index < -0.39 is 41.5 Å². The number of carboxylic acids is 1. The van der Waals surface area contributed by atoms with Crippen molar-refractivity contribution < 1.29 is 78.9 Å². The van der Waals surface area contributed by atoms with Gasteiger partial charge in [-0.3, -0.25) is 4.79 Å². The maximum absolute atomic E-state index is 12.5. The van der Waals surface area contributed by atoms with Crippen molar-refractivity contribution >= 4 is 29.3 Å². The molecule has 0 aliphatic carbocycles. The SMILES string of the molecule is Cc1cn(C)c(=O)c(NC(=O)N[C@@H](CC(=O)[O-])c2ccc(Cc3ccccc3Cl)cc2)c1[O-].[Na+].[Na+]. The van der Waals surface area contributed by atoms with Gasteiger partial charge in [-0.2, -0.15) is 0 Å². The van der Waals surface area contributed by atoms with Crippen LogP contribution < -0.4 is 85.5 Å². The van der Waals surface area contributed by atoms with Crippen molar-refractivity contribution in [3.63, 3.8) is 0 Å². The molecule has 2 N–H and O–H groups in total. The van der Waals surface area contributed by atoms with Gasteiger partial charge in [-0.25, -0.2) is 4.79 Å². The molecule has 1 aromatic heterocycles. The van der Waals surface area contributed by atoms with E-state index >= 15 is 0 Å². The van der Waals surface area contributed by atoms with Crippen molar-refractivity contribution in [2.24, 2.45) is 7.05 Å². The molecule has 0 saturated heterocycles. The number of aryl methyl sites for hydroxylation is 2. The zero-order valence-electron chi connectivity index (χ0n) is 20.1. The third-order valence-electron chi connectivity index (χ3n) is 5.16. The van der Waals surface area contributed by atoms with Crippen molar-refractivity contribution in [3.05, 3.63) is 92.4 Å². The summed E-state index contributed by atoms with van der Waals surface area (Å²) in [7, 11) is 1.46. The first-order valence-electron chi connectivity index (χ1n) is 10.1. The molecular formula is C24H22ClN3Na2O5. The number of carbonyl (C=O) groups is 2. The van der Waals surface area contributed by atoms with Gasteiger partial charge in [0.2, 0.25) is 0 Å². The van der Waals surface area contributed by atoms with Crippen molar-refractivity contribution in [1.82, 2.24) is 9.88 Å². The molecular weight excluding hydrogens is 492 g/mol. The minimum Gasteiger partial charge on any atom is -0.871 e. The number of nitrogens with one attached hydrogen (secondary N) is 2. The van der Waals surface area contributed by atoms with E-state index in [4.69, 9.17) is 11.6 Å². The van der Waals surface area contributed by atoms with E-state index in [2.05, 4.69) is 10.6 Å². The van der Waals surface area contributed by atoms with Crippen LogP contribution in [0.1, 0.15) is 34.7 Å². The number of hydrogen-bond donors (Lipinski definition) is 2. The van der Waals surface area contributed by atoms with Crippen molar-refractivity contribution in [2.75, 3.05) is 5.32 Å². The Bertz CT molecular complexity index is 1250. The van der Waals surface area contributed by atoms with Crippen molar-refractivity contribution in [1.29, 1.82) is 0 Å². The molecule has 2 amide bonds. The number of urea groups is 1. The van der Waals surface area contributed by atoms with Crippen LogP contribution in [0, 0.1) is 6.92 Å². The summed E-state index contributed by atoms with van der Waals surface area (Å²) in [5.41, 5.74) is 1.63. The van der Waals surface area contributed by atoms with Crippen LogP contribution >= 0.6 is 11.6 Å². The minimum absolute atomic E-state index is 0. The second kappa shape index (κ2) is 14.1. The maximum Gasteiger partial charge on any atom is 1.00 e. The monoisotopic (exact) mass is 513 g/mol. The van der Waals surface area contributed by atoms with Gasteiger partial charge in [0.1, 0.15) is 5.69 Å². The largest absolute Gasteiger partial charge is 1.00 e. The van der Waals surface area contributed by atoms with E-state index in [1.807, 2.05) is 30.3 Å². The van der Waals surface area contributed by atoms with Gasteiger partial charge < -0.3 is 30.2 Å². The van der Waals surface area contributed by atoms with Gasteiger partial charge in [-0.15, -0.1) is 0 Å². The summed E-state index contributed by atoms with van der Waals surface area (Å²) in [6, 6.07) is 12.7. The molecule has 0 spiro atoms. The van der Waals surface area contributed by atoms with Gasteiger partial charge in [-0.1, -0.05) is 59.8 Å². The zero-order chi connectivity index (χ0) is 24.1. The van der Waals surface area contributed by atoms with Gasteiger partial charge >= 0.3 is 65.1 Å². The Labute approximate surface area is 252 Å². The number of nitrogens with zero attached hydrogens (tertiary/aromatic N) is 1. The van der Waals surface area contributed by atoms with E-state index in [-0.39, 0.29) is 64.7 Å². The number of benzene rings is 2. The maximum atomic E-state index is 12.5. The van der Waals surface area contributed by atoms with Gasteiger partial charge in [0.25, 0.3) is 5.56 Å². The molecule has 8 nitrogen and oxygen atoms in total. The van der Waals surface area contributed by atoms with Crippen LogP contribution in [-0.4, -0.2) is 16.6 Å². The Morgan fingerprint density at radius 3 is 2.31 bits per heavy atom. The molecule has 0 aliphatic rings. The molecule has 1 atom stereocenters. The third kappa shape index (κ3) is 8.39. The molecule has 172 valence electrons. The number of aliphatic carboxylic acids is 1. The first-order valence-corrected chi connectivity index (χ1v) is 10.5. The first kappa shape index (κ1) is 31.3. The number of aromatic nitrogens is 1. The van der Waals surface area contributed by atoms with Crippen molar-refractivity contribution in [2.45, 2.75) is 25.8 Å². The van der Waals surface area contributed by atoms with Crippen LogP contribution in [0.5, 0.6) is 5.75 Å². The molecule has 3 rings (SSSR count). The summed E-state index contributed by atoms with van der Waals surface area (Å²) < 4.78 is 1.18. The quantitative estimate of drug-likeness (QED) is 0.312. The van der Waals surface area contributed by atoms with Gasteiger partial charge in [0.05, 0.1) is 6.04 Å². The topological polar surface area (TPSA) is 126 Å². The molecule has 1 heterocycles. The van der Waals surface area contributed by atoms with Crippen LogP contribution in [0.4, 0.5) is 10.5 Å². The Morgan fingerprint density at radius 1 is 1.09 bits per heavy atom. The minimum atomic E-state index is -1.36. The van der Waals surface area contributed by atoms with E-state index in [9.17, 15) is 24.6 Å². The van der Waals surface area contributed by atoms with Gasteiger partial charge in [0, 0.05) is 30.7 Å². The number of hydrogen-bond acceptors (Lipinski definition) is 5. The number of rotatable bonds is 7. The molecule has 0 saturated carbocycles. The van der Waals surface area contributed by atoms with Crippen LogP contribution in [0.3, 0.4) is 0 Å².